The number of hydrogen-bond donors (Lipinski definition) is 1. The van der Waals surface area contributed by atoms with E-state index in [1.54, 1.807) is 0 Å². The second kappa shape index (κ2) is 7.11. The van der Waals surface area contributed by atoms with Crippen LogP contribution in [0.5, 0.6) is 0 Å². The molecule has 2 heterocycles. The second-order valence-electron chi connectivity index (χ2n) is 6.51. The first-order valence-electron chi connectivity index (χ1n) is 8.26. The number of aliphatic hydroxyl groups excluding tert-OH is 1. The van der Waals surface area contributed by atoms with Gasteiger partial charge in [0.25, 0.3) is 0 Å². The number of rotatable bonds is 5. The number of nitrogens with zero attached hydrogens (tertiary/aromatic N) is 3. The SMILES string of the molecule is CC(C)=CCN1CCn2nc([C@@H](O)Cc3ccccc3)cc2C1. The van der Waals surface area contributed by atoms with E-state index >= 15 is 0 Å². The number of aromatic nitrogens is 2. The Hall–Kier alpha value is -1.91. The van der Waals surface area contributed by atoms with Crippen LogP contribution in [0.4, 0.5) is 0 Å². The lowest BCUT2D eigenvalue weighted by molar-refractivity contribution is 0.171. The Morgan fingerprint density at radius 1 is 1.26 bits per heavy atom. The zero-order chi connectivity index (χ0) is 16.2. The molecule has 4 heteroatoms. The first-order valence-corrected chi connectivity index (χ1v) is 8.26. The summed E-state index contributed by atoms with van der Waals surface area (Å²) >= 11 is 0. The van der Waals surface area contributed by atoms with Crippen LogP contribution in [-0.4, -0.2) is 32.9 Å². The number of allylic oxidation sites excluding steroid dienone is 1. The van der Waals surface area contributed by atoms with Gasteiger partial charge in [0, 0.05) is 26.1 Å². The molecular weight excluding hydrogens is 286 g/mol. The average Bonchev–Trinajstić information content (AvgIpc) is 2.97. The highest BCUT2D eigenvalue weighted by atomic mass is 16.3. The Morgan fingerprint density at radius 3 is 2.78 bits per heavy atom. The van der Waals surface area contributed by atoms with Crippen molar-refractivity contribution in [2.75, 3.05) is 13.1 Å². The minimum absolute atomic E-state index is 0.540. The Labute approximate surface area is 138 Å². The molecule has 0 bridgehead atoms. The van der Waals surface area contributed by atoms with Crippen molar-refractivity contribution in [3.05, 3.63) is 65.0 Å². The third-order valence-electron chi connectivity index (χ3n) is 4.27. The number of hydrogen-bond acceptors (Lipinski definition) is 3. The van der Waals surface area contributed by atoms with Crippen molar-refractivity contribution in [2.45, 2.75) is 39.5 Å². The summed E-state index contributed by atoms with van der Waals surface area (Å²) in [6.07, 6.45) is 2.33. The summed E-state index contributed by atoms with van der Waals surface area (Å²) in [5.74, 6) is 0. The quantitative estimate of drug-likeness (QED) is 0.863. The lowest BCUT2D eigenvalue weighted by Crippen LogP contribution is -2.33. The number of fused-ring (bicyclic) bond motifs is 1. The summed E-state index contributed by atoms with van der Waals surface area (Å²) in [5.41, 5.74) is 4.47. The molecule has 0 unspecified atom stereocenters. The van der Waals surface area contributed by atoms with E-state index in [4.69, 9.17) is 0 Å². The van der Waals surface area contributed by atoms with Gasteiger partial charge in [0.05, 0.1) is 17.9 Å². The monoisotopic (exact) mass is 311 g/mol. The molecule has 1 aliphatic heterocycles. The first kappa shape index (κ1) is 16.0. The van der Waals surface area contributed by atoms with Crippen LogP contribution in [0.15, 0.2) is 48.0 Å². The van der Waals surface area contributed by atoms with Gasteiger partial charge in [-0.2, -0.15) is 5.10 Å². The fourth-order valence-corrected chi connectivity index (χ4v) is 2.92. The van der Waals surface area contributed by atoms with Gasteiger partial charge in [0.2, 0.25) is 0 Å². The molecule has 2 aromatic rings. The fourth-order valence-electron chi connectivity index (χ4n) is 2.92. The molecule has 3 rings (SSSR count). The molecular formula is C19H25N3O. The minimum atomic E-state index is -0.540. The largest absolute Gasteiger partial charge is 0.386 e. The van der Waals surface area contributed by atoms with Crippen LogP contribution < -0.4 is 0 Å². The second-order valence-corrected chi connectivity index (χ2v) is 6.51. The molecule has 23 heavy (non-hydrogen) atoms. The predicted octanol–water partition coefficient (Wildman–Crippen LogP) is 2.94. The predicted molar refractivity (Wildman–Crippen MR) is 92.0 cm³/mol. The standard InChI is InChI=1S/C19H25N3O/c1-15(2)8-9-21-10-11-22-17(14-21)13-18(20-22)19(23)12-16-6-4-3-5-7-16/h3-8,13,19,23H,9-12,14H2,1-2H3/t19-/m0/s1. The van der Waals surface area contributed by atoms with Gasteiger partial charge in [-0.05, 0) is 25.5 Å². The molecule has 0 spiro atoms. The van der Waals surface area contributed by atoms with Crippen molar-refractivity contribution in [2.24, 2.45) is 0 Å². The zero-order valence-electron chi connectivity index (χ0n) is 13.9. The van der Waals surface area contributed by atoms with Crippen molar-refractivity contribution in [3.63, 3.8) is 0 Å². The molecule has 1 atom stereocenters. The molecule has 0 fully saturated rings. The maximum Gasteiger partial charge on any atom is 0.102 e. The first-order chi connectivity index (χ1) is 11.1. The van der Waals surface area contributed by atoms with E-state index in [0.29, 0.717) is 6.42 Å². The normalized spacial score (nSPS) is 16.0. The molecule has 0 amide bonds. The highest BCUT2D eigenvalue weighted by Crippen LogP contribution is 2.21. The van der Waals surface area contributed by atoms with Gasteiger partial charge in [-0.3, -0.25) is 9.58 Å². The number of benzene rings is 1. The maximum absolute atomic E-state index is 10.5. The molecule has 1 aliphatic rings. The molecule has 1 aromatic carbocycles. The topological polar surface area (TPSA) is 41.3 Å². The van der Waals surface area contributed by atoms with Gasteiger partial charge in [-0.15, -0.1) is 0 Å². The Morgan fingerprint density at radius 2 is 2.04 bits per heavy atom. The van der Waals surface area contributed by atoms with Gasteiger partial charge in [0.1, 0.15) is 6.10 Å². The zero-order valence-corrected chi connectivity index (χ0v) is 13.9. The van der Waals surface area contributed by atoms with Crippen LogP contribution in [0.3, 0.4) is 0 Å². The third-order valence-corrected chi connectivity index (χ3v) is 4.27. The maximum atomic E-state index is 10.5. The molecule has 0 saturated heterocycles. The Kier molecular flexibility index (Phi) is 4.94. The van der Waals surface area contributed by atoms with Gasteiger partial charge in [-0.25, -0.2) is 0 Å². The van der Waals surface area contributed by atoms with Crippen LogP contribution in [-0.2, 0) is 19.5 Å². The van der Waals surface area contributed by atoms with Crippen molar-refractivity contribution >= 4 is 0 Å². The molecule has 4 nitrogen and oxygen atoms in total. The summed E-state index contributed by atoms with van der Waals surface area (Å²) in [7, 11) is 0. The lowest BCUT2D eigenvalue weighted by atomic mass is 10.1. The van der Waals surface area contributed by atoms with E-state index < -0.39 is 6.10 Å². The van der Waals surface area contributed by atoms with Crippen LogP contribution >= 0.6 is 0 Å². The van der Waals surface area contributed by atoms with E-state index in [0.717, 1.165) is 37.4 Å². The van der Waals surface area contributed by atoms with E-state index in [1.807, 2.05) is 35.0 Å². The molecule has 0 aliphatic carbocycles. The van der Waals surface area contributed by atoms with Gasteiger partial charge in [-0.1, -0.05) is 42.0 Å². The van der Waals surface area contributed by atoms with E-state index in [9.17, 15) is 5.11 Å². The fraction of sp³-hybridized carbons (Fsp3) is 0.421. The van der Waals surface area contributed by atoms with Gasteiger partial charge >= 0.3 is 0 Å². The molecule has 0 radical (unpaired) electrons. The molecule has 1 N–H and O–H groups in total. The molecule has 0 saturated carbocycles. The summed E-state index contributed by atoms with van der Waals surface area (Å²) in [6, 6.07) is 12.1. The van der Waals surface area contributed by atoms with Crippen LogP contribution in [0.2, 0.25) is 0 Å². The number of aliphatic hydroxyl groups is 1. The average molecular weight is 311 g/mol. The van der Waals surface area contributed by atoms with Gasteiger partial charge < -0.3 is 5.11 Å². The van der Waals surface area contributed by atoms with Crippen LogP contribution in [0, 0.1) is 0 Å². The van der Waals surface area contributed by atoms with Crippen molar-refractivity contribution in [1.29, 1.82) is 0 Å². The van der Waals surface area contributed by atoms with E-state index in [2.05, 4.69) is 36.0 Å². The molecule has 1 aromatic heterocycles. The smallest absolute Gasteiger partial charge is 0.102 e. The van der Waals surface area contributed by atoms with Crippen LogP contribution in [0.1, 0.15) is 36.9 Å². The molecule has 122 valence electrons. The highest BCUT2D eigenvalue weighted by molar-refractivity contribution is 5.20. The third kappa shape index (κ3) is 4.09. The summed E-state index contributed by atoms with van der Waals surface area (Å²) in [4.78, 5) is 2.41. The van der Waals surface area contributed by atoms with Crippen molar-refractivity contribution in [3.8, 4) is 0 Å². The van der Waals surface area contributed by atoms with E-state index in [1.165, 1.54) is 11.3 Å². The highest BCUT2D eigenvalue weighted by Gasteiger charge is 2.20. The lowest BCUT2D eigenvalue weighted by Gasteiger charge is -2.26. The Balaban J connectivity index is 1.67. The van der Waals surface area contributed by atoms with Crippen molar-refractivity contribution < 1.29 is 5.11 Å². The summed E-state index contributed by atoms with van der Waals surface area (Å²) in [5, 5.41) is 15.1. The Bertz CT molecular complexity index is 671. The van der Waals surface area contributed by atoms with Crippen LogP contribution in [0.25, 0.3) is 0 Å². The van der Waals surface area contributed by atoms with E-state index in [-0.39, 0.29) is 0 Å². The summed E-state index contributed by atoms with van der Waals surface area (Å²) in [6.45, 7) is 8.04. The summed E-state index contributed by atoms with van der Waals surface area (Å²) < 4.78 is 2.04. The van der Waals surface area contributed by atoms with Crippen molar-refractivity contribution in [1.82, 2.24) is 14.7 Å². The van der Waals surface area contributed by atoms with Gasteiger partial charge in [0.15, 0.2) is 0 Å². The minimum Gasteiger partial charge on any atom is -0.386 e.